The molecule has 1 aromatic rings. The van der Waals surface area contributed by atoms with Crippen LogP contribution in [-0.2, 0) is 10.3 Å². The van der Waals surface area contributed by atoms with Crippen LogP contribution in [0.25, 0.3) is 0 Å². The zero-order valence-corrected chi connectivity index (χ0v) is 15.9. The number of pyridine rings is 1. The first-order valence-electron chi connectivity index (χ1n) is 8.17. The number of hydrogen-bond acceptors (Lipinski definition) is 5. The van der Waals surface area contributed by atoms with Gasteiger partial charge in [-0.25, -0.2) is 0 Å². The third-order valence-electron chi connectivity index (χ3n) is 5.05. The molecule has 3 heterocycles. The van der Waals surface area contributed by atoms with Gasteiger partial charge in [0.25, 0.3) is 5.91 Å². The minimum Gasteiger partial charge on any atom is -0.491 e. The SMILES string of the molecule is CCN1CC2(CCOC(F)F)CC(O)c3c(Br)c(=O)c(OC)c(n32)C1=O. The van der Waals surface area contributed by atoms with Crippen molar-refractivity contribution in [1.82, 2.24) is 9.47 Å². The van der Waals surface area contributed by atoms with Crippen molar-refractivity contribution in [2.45, 2.75) is 38.0 Å². The molecule has 0 aliphatic carbocycles. The van der Waals surface area contributed by atoms with E-state index >= 15 is 0 Å². The molecule has 0 fully saturated rings. The second-order valence-corrected chi connectivity index (χ2v) is 7.18. The molecule has 0 saturated heterocycles. The molecule has 0 radical (unpaired) electrons. The Labute approximate surface area is 156 Å². The van der Waals surface area contributed by atoms with Crippen LogP contribution < -0.4 is 10.2 Å². The molecular weight excluding hydrogens is 418 g/mol. The van der Waals surface area contributed by atoms with E-state index in [0.29, 0.717) is 6.54 Å². The maximum absolute atomic E-state index is 12.9. The maximum Gasteiger partial charge on any atom is 0.345 e. The molecule has 0 aromatic carbocycles. The first kappa shape index (κ1) is 19.2. The largest absolute Gasteiger partial charge is 0.491 e. The third kappa shape index (κ3) is 2.74. The standard InChI is InChI=1S/C16H19BrF2N2O5/c1-3-20-7-16(4-5-26-15(18)19)6-8(22)10-9(17)12(23)13(25-2)11(14(20)24)21(10)16/h8,15,22H,3-7H2,1-2H3. The van der Waals surface area contributed by atoms with Crippen molar-refractivity contribution in [2.75, 3.05) is 26.8 Å². The summed E-state index contributed by atoms with van der Waals surface area (Å²) in [6, 6.07) is 0. The topological polar surface area (TPSA) is 81.0 Å². The van der Waals surface area contributed by atoms with Crippen molar-refractivity contribution < 1.29 is 28.2 Å². The number of carbonyl (C=O) groups is 1. The van der Waals surface area contributed by atoms with E-state index in [-0.39, 0.29) is 47.6 Å². The summed E-state index contributed by atoms with van der Waals surface area (Å²) >= 11 is 3.20. The van der Waals surface area contributed by atoms with Crippen LogP contribution in [0.15, 0.2) is 9.27 Å². The number of nitrogens with zero attached hydrogens (tertiary/aromatic N) is 2. The molecular formula is C16H19BrF2N2O5. The van der Waals surface area contributed by atoms with Gasteiger partial charge in [-0.3, -0.25) is 9.59 Å². The lowest BCUT2D eigenvalue weighted by atomic mass is 9.89. The number of aliphatic hydroxyl groups excluding tert-OH is 1. The molecule has 2 atom stereocenters. The Morgan fingerprint density at radius 1 is 1.42 bits per heavy atom. The predicted molar refractivity (Wildman–Crippen MR) is 90.7 cm³/mol. The van der Waals surface area contributed by atoms with Gasteiger partial charge in [0.1, 0.15) is 0 Å². The minimum atomic E-state index is -2.90. The highest BCUT2D eigenvalue weighted by atomic mass is 79.9. The van der Waals surface area contributed by atoms with Gasteiger partial charge in [-0.15, -0.1) is 0 Å². The van der Waals surface area contributed by atoms with Crippen LogP contribution in [0.2, 0.25) is 0 Å². The van der Waals surface area contributed by atoms with Crippen molar-refractivity contribution >= 4 is 21.8 Å². The first-order chi connectivity index (χ1) is 12.3. The fourth-order valence-corrected chi connectivity index (χ4v) is 4.58. The number of aromatic nitrogens is 1. The molecule has 26 heavy (non-hydrogen) atoms. The molecule has 10 heteroatoms. The number of methoxy groups -OCH3 is 1. The summed E-state index contributed by atoms with van der Waals surface area (Å²) in [5, 5.41) is 10.6. The second kappa shape index (κ2) is 6.90. The smallest absolute Gasteiger partial charge is 0.345 e. The molecule has 3 rings (SSSR count). The minimum absolute atomic E-state index is 0.0393. The van der Waals surface area contributed by atoms with Gasteiger partial charge in [-0.05, 0) is 29.3 Å². The molecule has 1 amide bonds. The Morgan fingerprint density at radius 2 is 2.12 bits per heavy atom. The van der Waals surface area contributed by atoms with Crippen LogP contribution in [0.3, 0.4) is 0 Å². The van der Waals surface area contributed by atoms with Gasteiger partial charge in [0.05, 0.1) is 35.5 Å². The van der Waals surface area contributed by atoms with E-state index in [1.54, 1.807) is 11.5 Å². The highest BCUT2D eigenvalue weighted by molar-refractivity contribution is 9.10. The van der Waals surface area contributed by atoms with Crippen molar-refractivity contribution in [3.63, 3.8) is 0 Å². The van der Waals surface area contributed by atoms with Crippen LogP contribution in [0.5, 0.6) is 5.75 Å². The van der Waals surface area contributed by atoms with Crippen molar-refractivity contribution in [3.8, 4) is 5.75 Å². The number of halogens is 3. The van der Waals surface area contributed by atoms with E-state index in [9.17, 15) is 23.5 Å². The second-order valence-electron chi connectivity index (χ2n) is 6.39. The zero-order valence-electron chi connectivity index (χ0n) is 14.3. The van der Waals surface area contributed by atoms with Crippen LogP contribution in [0.1, 0.15) is 42.1 Å². The van der Waals surface area contributed by atoms with Gasteiger partial charge in [-0.2, -0.15) is 8.78 Å². The predicted octanol–water partition coefficient (Wildman–Crippen LogP) is 1.86. The molecule has 2 unspecified atom stereocenters. The number of ether oxygens (including phenoxy) is 2. The molecule has 2 aliphatic heterocycles. The Hall–Kier alpha value is -1.52. The van der Waals surface area contributed by atoms with Gasteiger partial charge < -0.3 is 24.0 Å². The molecule has 2 aliphatic rings. The quantitative estimate of drug-likeness (QED) is 0.735. The average Bonchev–Trinajstić information content (AvgIpc) is 2.87. The van der Waals surface area contributed by atoms with Crippen LogP contribution in [0, 0.1) is 0 Å². The monoisotopic (exact) mass is 436 g/mol. The van der Waals surface area contributed by atoms with Gasteiger partial charge in [0.15, 0.2) is 11.4 Å². The fourth-order valence-electron chi connectivity index (χ4n) is 3.96. The normalized spacial score (nSPS) is 24.3. The van der Waals surface area contributed by atoms with Gasteiger partial charge in [0.2, 0.25) is 5.43 Å². The van der Waals surface area contributed by atoms with E-state index in [4.69, 9.17) is 4.74 Å². The van der Waals surface area contributed by atoms with E-state index < -0.39 is 29.6 Å². The van der Waals surface area contributed by atoms with Crippen molar-refractivity contribution in [2.24, 2.45) is 0 Å². The molecule has 0 spiro atoms. The summed E-state index contributed by atoms with van der Waals surface area (Å²) in [4.78, 5) is 27.0. The number of alkyl halides is 2. The number of aliphatic hydroxyl groups is 1. The zero-order chi connectivity index (χ0) is 19.2. The summed E-state index contributed by atoms with van der Waals surface area (Å²) in [6.07, 6.45) is -0.684. The van der Waals surface area contributed by atoms with Gasteiger partial charge in [-0.1, -0.05) is 0 Å². The highest BCUT2D eigenvalue weighted by Gasteiger charge is 2.52. The lowest BCUT2D eigenvalue weighted by Crippen LogP contribution is -2.53. The van der Waals surface area contributed by atoms with E-state index in [1.165, 1.54) is 12.0 Å². The highest BCUT2D eigenvalue weighted by Crippen LogP contribution is 2.48. The molecule has 144 valence electrons. The summed E-state index contributed by atoms with van der Waals surface area (Å²) < 4.78 is 36.2. The van der Waals surface area contributed by atoms with Crippen LogP contribution in [-0.4, -0.2) is 53.9 Å². The summed E-state index contributed by atoms with van der Waals surface area (Å²) in [7, 11) is 1.29. The fraction of sp³-hybridized carbons (Fsp3) is 0.625. The van der Waals surface area contributed by atoms with E-state index in [1.807, 2.05) is 0 Å². The molecule has 0 bridgehead atoms. The summed E-state index contributed by atoms with van der Waals surface area (Å²) in [6.45, 7) is -0.771. The van der Waals surface area contributed by atoms with E-state index in [2.05, 4.69) is 20.7 Å². The lowest BCUT2D eigenvalue weighted by molar-refractivity contribution is -0.134. The summed E-state index contributed by atoms with van der Waals surface area (Å²) in [5.74, 6) is -0.522. The Balaban J connectivity index is 2.23. The number of amides is 1. The Morgan fingerprint density at radius 3 is 2.69 bits per heavy atom. The van der Waals surface area contributed by atoms with Crippen molar-refractivity contribution in [3.05, 3.63) is 26.1 Å². The Kier molecular flexibility index (Phi) is 5.11. The molecule has 0 saturated carbocycles. The molecule has 1 N–H and O–H groups in total. The van der Waals surface area contributed by atoms with E-state index in [0.717, 1.165) is 0 Å². The van der Waals surface area contributed by atoms with Crippen molar-refractivity contribution in [1.29, 1.82) is 0 Å². The van der Waals surface area contributed by atoms with Gasteiger partial charge in [0, 0.05) is 19.5 Å². The number of hydrogen-bond donors (Lipinski definition) is 1. The number of carbonyl (C=O) groups excluding carboxylic acids is 1. The molecule has 7 nitrogen and oxygen atoms in total. The average molecular weight is 437 g/mol. The Bertz CT molecular complexity index is 800. The van der Waals surface area contributed by atoms with Crippen LogP contribution >= 0.6 is 15.9 Å². The molecule has 1 aromatic heterocycles. The third-order valence-corrected chi connectivity index (χ3v) is 5.81. The van der Waals surface area contributed by atoms with Crippen LogP contribution in [0.4, 0.5) is 8.78 Å². The lowest BCUT2D eigenvalue weighted by Gasteiger charge is -2.43. The maximum atomic E-state index is 12.9. The van der Waals surface area contributed by atoms with Gasteiger partial charge >= 0.3 is 6.61 Å². The first-order valence-corrected chi connectivity index (χ1v) is 8.96. The summed E-state index contributed by atoms with van der Waals surface area (Å²) in [5.41, 5.74) is -1.07. The number of rotatable bonds is 6. The number of likely N-dealkylation sites (N-methyl/N-ethyl adjacent to an activating group) is 1.